The molecule has 88 valence electrons. The van der Waals surface area contributed by atoms with Gasteiger partial charge in [0.1, 0.15) is 0 Å². The van der Waals surface area contributed by atoms with Gasteiger partial charge in [-0.25, -0.2) is 0 Å². The van der Waals surface area contributed by atoms with E-state index in [1.807, 2.05) is 0 Å². The molecule has 0 heterocycles. The van der Waals surface area contributed by atoms with Crippen LogP contribution < -0.4 is 0 Å². The molecule has 3 rings (SSSR count). The molecule has 4 atom stereocenters. The lowest BCUT2D eigenvalue weighted by molar-refractivity contribution is -0.116. The van der Waals surface area contributed by atoms with Crippen molar-refractivity contribution in [2.75, 3.05) is 0 Å². The molecule has 0 aromatic heterocycles. The number of hydrogen-bond donors (Lipinski definition) is 0. The fourth-order valence-electron chi connectivity index (χ4n) is 4.50. The molecule has 0 N–H and O–H groups in total. The van der Waals surface area contributed by atoms with E-state index in [2.05, 4.69) is 27.7 Å². The van der Waals surface area contributed by atoms with Gasteiger partial charge in [-0.3, -0.25) is 4.79 Å². The second-order valence-electron chi connectivity index (χ2n) is 6.77. The molecule has 1 heteroatoms. The summed E-state index contributed by atoms with van der Waals surface area (Å²) in [7, 11) is 0. The molecule has 0 aromatic carbocycles. The van der Waals surface area contributed by atoms with Gasteiger partial charge < -0.3 is 0 Å². The first kappa shape index (κ1) is 10.6. The number of fused-ring (bicyclic) bond motifs is 3. The van der Waals surface area contributed by atoms with Crippen molar-refractivity contribution in [1.29, 1.82) is 0 Å². The minimum absolute atomic E-state index is 0.422. The van der Waals surface area contributed by atoms with Crippen LogP contribution in [0.15, 0.2) is 11.1 Å². The Bertz CT molecular complexity index is 388. The van der Waals surface area contributed by atoms with Crippen LogP contribution >= 0.6 is 0 Å². The first-order chi connectivity index (χ1) is 7.44. The van der Waals surface area contributed by atoms with Crippen LogP contribution in [0.5, 0.6) is 0 Å². The van der Waals surface area contributed by atoms with Gasteiger partial charge in [-0.1, -0.05) is 26.3 Å². The van der Waals surface area contributed by atoms with Crippen molar-refractivity contribution in [2.24, 2.45) is 29.1 Å². The van der Waals surface area contributed by atoms with E-state index in [1.54, 1.807) is 0 Å². The summed E-state index contributed by atoms with van der Waals surface area (Å²) in [6.07, 6.45) is 3.29. The third kappa shape index (κ3) is 1.15. The zero-order valence-corrected chi connectivity index (χ0v) is 10.8. The van der Waals surface area contributed by atoms with Crippen molar-refractivity contribution >= 4 is 5.78 Å². The smallest absolute Gasteiger partial charge is 0.158 e. The standard InChI is InChI=1S/C15H22O/c1-8-5-6-10-9(2)12(16)7-11-14(13(8)10)15(11,3)4/h8,11,13-14H,5-7H2,1-4H3/t8-,11-,13-,14-/m1/s1. The number of allylic oxidation sites excluding steroid dienone is 2. The normalized spacial score (nSPS) is 45.1. The van der Waals surface area contributed by atoms with Gasteiger partial charge in [0.25, 0.3) is 0 Å². The summed E-state index contributed by atoms with van der Waals surface area (Å²) >= 11 is 0. The summed E-state index contributed by atoms with van der Waals surface area (Å²) in [6, 6.07) is 0. The maximum atomic E-state index is 12.1. The molecule has 0 aromatic rings. The van der Waals surface area contributed by atoms with Gasteiger partial charge in [-0.2, -0.15) is 0 Å². The first-order valence-corrected chi connectivity index (χ1v) is 6.67. The van der Waals surface area contributed by atoms with Crippen LogP contribution in [0.1, 0.15) is 47.0 Å². The van der Waals surface area contributed by atoms with Gasteiger partial charge in [0.2, 0.25) is 0 Å². The SMILES string of the molecule is CC1=C2CC[C@@H](C)[C@H]2[C@H]2[C@@H](CC1=O)C2(C)C. The van der Waals surface area contributed by atoms with Crippen LogP contribution in [-0.4, -0.2) is 5.78 Å². The maximum absolute atomic E-state index is 12.1. The van der Waals surface area contributed by atoms with Crippen LogP contribution in [0.4, 0.5) is 0 Å². The highest BCUT2D eigenvalue weighted by Crippen LogP contribution is 2.69. The Morgan fingerprint density at radius 1 is 1.31 bits per heavy atom. The molecule has 0 saturated heterocycles. The number of rotatable bonds is 0. The van der Waals surface area contributed by atoms with Gasteiger partial charge in [-0.05, 0) is 54.4 Å². The van der Waals surface area contributed by atoms with Crippen molar-refractivity contribution < 1.29 is 4.79 Å². The molecule has 0 bridgehead atoms. The Balaban J connectivity index is 2.06. The fraction of sp³-hybridized carbons (Fsp3) is 0.800. The number of ketones is 1. The zero-order chi connectivity index (χ0) is 11.7. The topological polar surface area (TPSA) is 17.1 Å². The van der Waals surface area contributed by atoms with Crippen LogP contribution in [0.3, 0.4) is 0 Å². The number of carbonyl (C=O) groups excluding carboxylic acids is 1. The highest BCUT2D eigenvalue weighted by atomic mass is 16.1. The molecule has 2 fully saturated rings. The van der Waals surface area contributed by atoms with Crippen LogP contribution in [-0.2, 0) is 4.79 Å². The van der Waals surface area contributed by atoms with Gasteiger partial charge >= 0.3 is 0 Å². The van der Waals surface area contributed by atoms with Crippen LogP contribution in [0.2, 0.25) is 0 Å². The largest absolute Gasteiger partial charge is 0.295 e. The minimum atomic E-state index is 0.422. The molecular weight excluding hydrogens is 196 g/mol. The van der Waals surface area contributed by atoms with E-state index in [0.29, 0.717) is 17.1 Å². The lowest BCUT2D eigenvalue weighted by Crippen LogP contribution is -2.14. The molecule has 1 nitrogen and oxygen atoms in total. The number of hydrogen-bond acceptors (Lipinski definition) is 1. The summed E-state index contributed by atoms with van der Waals surface area (Å²) in [5.41, 5.74) is 3.07. The molecule has 16 heavy (non-hydrogen) atoms. The monoisotopic (exact) mass is 218 g/mol. The Labute approximate surface area is 98.3 Å². The minimum Gasteiger partial charge on any atom is -0.295 e. The van der Waals surface area contributed by atoms with Gasteiger partial charge in [0, 0.05) is 6.42 Å². The molecule has 0 spiro atoms. The summed E-state index contributed by atoms with van der Waals surface area (Å²) in [6.45, 7) is 9.17. The molecule has 2 saturated carbocycles. The molecule has 3 aliphatic rings. The van der Waals surface area contributed by atoms with E-state index in [1.165, 1.54) is 18.4 Å². The molecule has 0 amide bonds. The van der Waals surface area contributed by atoms with Crippen molar-refractivity contribution in [2.45, 2.75) is 47.0 Å². The second kappa shape index (κ2) is 3.00. The molecular formula is C15H22O. The van der Waals surface area contributed by atoms with Crippen molar-refractivity contribution in [3.05, 3.63) is 11.1 Å². The first-order valence-electron chi connectivity index (χ1n) is 6.67. The van der Waals surface area contributed by atoms with Gasteiger partial charge in [-0.15, -0.1) is 0 Å². The Kier molecular flexibility index (Phi) is 1.98. The highest BCUT2D eigenvalue weighted by Gasteiger charge is 2.64. The van der Waals surface area contributed by atoms with Crippen molar-refractivity contribution in [3.63, 3.8) is 0 Å². The third-order valence-electron chi connectivity index (χ3n) is 5.72. The summed E-state index contributed by atoms with van der Waals surface area (Å²) in [5, 5.41) is 0. The van der Waals surface area contributed by atoms with Crippen LogP contribution in [0.25, 0.3) is 0 Å². The molecule has 0 radical (unpaired) electrons. The molecule has 0 unspecified atom stereocenters. The highest BCUT2D eigenvalue weighted by molar-refractivity contribution is 5.96. The summed E-state index contributed by atoms with van der Waals surface area (Å²) in [4.78, 5) is 12.1. The van der Waals surface area contributed by atoms with E-state index < -0.39 is 0 Å². The predicted molar refractivity (Wildman–Crippen MR) is 65.0 cm³/mol. The Morgan fingerprint density at radius 3 is 2.69 bits per heavy atom. The quantitative estimate of drug-likeness (QED) is 0.607. The average Bonchev–Trinajstić information content (AvgIpc) is 2.58. The van der Waals surface area contributed by atoms with Gasteiger partial charge in [0.05, 0.1) is 0 Å². The van der Waals surface area contributed by atoms with Crippen molar-refractivity contribution in [3.8, 4) is 0 Å². The predicted octanol–water partition coefficient (Wildman–Crippen LogP) is 3.59. The lowest BCUT2D eigenvalue weighted by Gasteiger charge is -2.20. The third-order valence-corrected chi connectivity index (χ3v) is 5.72. The summed E-state index contributed by atoms with van der Waals surface area (Å²) < 4.78 is 0. The number of Topliss-reactive ketones (excluding diaryl/α,β-unsaturated/α-hetero) is 1. The van der Waals surface area contributed by atoms with Crippen LogP contribution in [0, 0.1) is 29.1 Å². The van der Waals surface area contributed by atoms with E-state index >= 15 is 0 Å². The maximum Gasteiger partial charge on any atom is 0.158 e. The lowest BCUT2D eigenvalue weighted by atomic mass is 9.84. The summed E-state index contributed by atoms with van der Waals surface area (Å²) in [5.74, 6) is 3.42. The zero-order valence-electron chi connectivity index (χ0n) is 10.8. The molecule has 3 aliphatic carbocycles. The Morgan fingerprint density at radius 2 is 2.00 bits per heavy atom. The second-order valence-corrected chi connectivity index (χ2v) is 6.77. The molecule has 0 aliphatic heterocycles. The van der Waals surface area contributed by atoms with Crippen molar-refractivity contribution in [1.82, 2.24) is 0 Å². The number of carbonyl (C=O) groups is 1. The Hall–Kier alpha value is -0.590. The van der Waals surface area contributed by atoms with E-state index in [9.17, 15) is 4.79 Å². The average molecular weight is 218 g/mol. The van der Waals surface area contributed by atoms with Gasteiger partial charge in [0.15, 0.2) is 5.78 Å². The van der Waals surface area contributed by atoms with E-state index in [0.717, 1.165) is 29.7 Å². The van der Waals surface area contributed by atoms with E-state index in [-0.39, 0.29) is 0 Å². The fourth-order valence-corrected chi connectivity index (χ4v) is 4.50. The van der Waals surface area contributed by atoms with E-state index in [4.69, 9.17) is 0 Å².